The Labute approximate surface area is 175 Å². The molecule has 7 nitrogen and oxygen atoms in total. The number of carboxylic acids is 1. The maximum atomic E-state index is 12.6. The Morgan fingerprint density at radius 3 is 2.63 bits per heavy atom. The monoisotopic (exact) mass is 410 g/mol. The van der Waals surface area contributed by atoms with Gasteiger partial charge in [-0.05, 0) is 56.5 Å². The lowest BCUT2D eigenvalue weighted by Crippen LogP contribution is -2.40. The van der Waals surface area contributed by atoms with Crippen LogP contribution in [0.5, 0.6) is 0 Å². The van der Waals surface area contributed by atoms with Crippen LogP contribution in [-0.2, 0) is 9.53 Å². The van der Waals surface area contributed by atoms with E-state index in [4.69, 9.17) is 4.74 Å². The van der Waals surface area contributed by atoms with Gasteiger partial charge in [-0.1, -0.05) is 18.2 Å². The molecule has 0 spiro atoms. The number of carbonyl (C=O) groups excluding carboxylic acids is 2. The normalized spacial score (nSPS) is 16.1. The fourth-order valence-corrected chi connectivity index (χ4v) is 3.74. The van der Waals surface area contributed by atoms with Gasteiger partial charge >= 0.3 is 11.9 Å². The molecule has 2 N–H and O–H groups in total. The Hall–Kier alpha value is -3.35. The van der Waals surface area contributed by atoms with Gasteiger partial charge < -0.3 is 20.1 Å². The fraction of sp³-hybridized carbons (Fsp3) is 0.348. The van der Waals surface area contributed by atoms with Crippen molar-refractivity contribution in [1.82, 2.24) is 0 Å². The highest BCUT2D eigenvalue weighted by molar-refractivity contribution is 6.06. The van der Waals surface area contributed by atoms with Crippen LogP contribution in [0.4, 0.5) is 11.4 Å². The molecule has 1 aliphatic rings. The van der Waals surface area contributed by atoms with Crippen LogP contribution in [0, 0.1) is 12.8 Å². The molecule has 30 heavy (non-hydrogen) atoms. The molecule has 1 fully saturated rings. The van der Waals surface area contributed by atoms with Gasteiger partial charge in [-0.25, -0.2) is 4.79 Å². The average Bonchev–Trinajstić information content (AvgIpc) is 2.74. The number of nitrogens with one attached hydrogen (secondary N) is 1. The zero-order valence-electron chi connectivity index (χ0n) is 17.2. The number of amides is 1. The number of anilines is 2. The van der Waals surface area contributed by atoms with Gasteiger partial charge in [-0.3, -0.25) is 9.59 Å². The Kier molecular flexibility index (Phi) is 6.72. The summed E-state index contributed by atoms with van der Waals surface area (Å²) in [6.45, 7) is 5.01. The molecule has 2 aromatic rings. The SMILES string of the molecule is CCOC(=O)C1CCCN(c2ccc(NC(=O)c3ccccc3C)cc2C(=O)O)C1. The predicted molar refractivity (Wildman–Crippen MR) is 114 cm³/mol. The van der Waals surface area contributed by atoms with Crippen molar-refractivity contribution in [3.8, 4) is 0 Å². The van der Waals surface area contributed by atoms with Crippen LogP contribution in [0.15, 0.2) is 42.5 Å². The molecule has 0 aliphatic carbocycles. The number of carbonyl (C=O) groups is 3. The van der Waals surface area contributed by atoms with Crippen LogP contribution in [0.1, 0.15) is 46.0 Å². The van der Waals surface area contributed by atoms with Crippen molar-refractivity contribution in [2.24, 2.45) is 5.92 Å². The first-order chi connectivity index (χ1) is 14.4. The molecular weight excluding hydrogens is 384 g/mol. The van der Waals surface area contributed by atoms with E-state index in [-0.39, 0.29) is 23.4 Å². The van der Waals surface area contributed by atoms with Crippen LogP contribution in [0.25, 0.3) is 0 Å². The van der Waals surface area contributed by atoms with Gasteiger partial charge in [0.2, 0.25) is 0 Å². The molecule has 1 amide bonds. The number of benzene rings is 2. The number of rotatable bonds is 6. The van der Waals surface area contributed by atoms with Gasteiger partial charge in [0.05, 0.1) is 23.8 Å². The van der Waals surface area contributed by atoms with Crippen LogP contribution < -0.4 is 10.2 Å². The van der Waals surface area contributed by atoms with Crippen molar-refractivity contribution in [1.29, 1.82) is 0 Å². The fourth-order valence-electron chi connectivity index (χ4n) is 3.74. The summed E-state index contributed by atoms with van der Waals surface area (Å²) in [5.74, 6) is -1.91. The summed E-state index contributed by atoms with van der Waals surface area (Å²) in [6, 6.07) is 12.0. The van der Waals surface area contributed by atoms with Gasteiger partial charge in [0.1, 0.15) is 0 Å². The second-order valence-corrected chi connectivity index (χ2v) is 7.34. The Bertz CT molecular complexity index is 956. The highest BCUT2D eigenvalue weighted by Crippen LogP contribution is 2.29. The number of piperidine rings is 1. The van der Waals surface area contributed by atoms with Gasteiger partial charge in [-0.15, -0.1) is 0 Å². The molecule has 1 heterocycles. The zero-order chi connectivity index (χ0) is 21.7. The van der Waals surface area contributed by atoms with Crippen LogP contribution in [-0.4, -0.2) is 42.6 Å². The van der Waals surface area contributed by atoms with Crippen molar-refractivity contribution in [3.05, 3.63) is 59.2 Å². The molecule has 158 valence electrons. The Balaban J connectivity index is 1.82. The minimum absolute atomic E-state index is 0.0853. The van der Waals surface area contributed by atoms with Gasteiger partial charge in [-0.2, -0.15) is 0 Å². The van der Waals surface area contributed by atoms with Crippen LogP contribution in [0.2, 0.25) is 0 Å². The molecule has 1 atom stereocenters. The molecule has 7 heteroatoms. The van der Waals surface area contributed by atoms with Crippen molar-refractivity contribution >= 4 is 29.2 Å². The number of aromatic carboxylic acids is 1. The number of esters is 1. The third-order valence-corrected chi connectivity index (χ3v) is 5.26. The molecule has 0 saturated carbocycles. The number of ether oxygens (including phenoxy) is 1. The minimum Gasteiger partial charge on any atom is -0.478 e. The molecule has 0 aromatic heterocycles. The quantitative estimate of drug-likeness (QED) is 0.705. The zero-order valence-corrected chi connectivity index (χ0v) is 17.2. The Morgan fingerprint density at radius 1 is 1.17 bits per heavy atom. The lowest BCUT2D eigenvalue weighted by molar-refractivity contribution is -0.148. The van der Waals surface area contributed by atoms with E-state index in [9.17, 15) is 19.5 Å². The molecule has 2 aromatic carbocycles. The standard InChI is InChI=1S/C23H26N2O5/c1-3-30-23(29)16-8-6-12-25(14-16)20-11-10-17(13-19(20)22(27)28)24-21(26)18-9-5-4-7-15(18)2/h4-5,7,9-11,13,16H,3,6,8,12,14H2,1-2H3,(H,24,26)(H,27,28). The van der Waals surface area contributed by atoms with Crippen LogP contribution in [0.3, 0.4) is 0 Å². The number of nitrogens with zero attached hydrogens (tertiary/aromatic N) is 1. The maximum Gasteiger partial charge on any atom is 0.337 e. The third kappa shape index (κ3) is 4.79. The van der Waals surface area contributed by atoms with E-state index in [1.807, 2.05) is 24.0 Å². The molecule has 0 bridgehead atoms. The highest BCUT2D eigenvalue weighted by atomic mass is 16.5. The summed E-state index contributed by atoms with van der Waals surface area (Å²) < 4.78 is 5.13. The summed E-state index contributed by atoms with van der Waals surface area (Å²) in [5, 5.41) is 12.5. The number of hydrogen-bond acceptors (Lipinski definition) is 5. The topological polar surface area (TPSA) is 95.9 Å². The van der Waals surface area contributed by atoms with E-state index in [0.29, 0.717) is 36.6 Å². The minimum atomic E-state index is -1.09. The van der Waals surface area contributed by atoms with E-state index in [0.717, 1.165) is 18.4 Å². The second kappa shape index (κ2) is 9.43. The molecule has 3 rings (SSSR count). The first-order valence-corrected chi connectivity index (χ1v) is 10.1. The highest BCUT2D eigenvalue weighted by Gasteiger charge is 2.29. The van der Waals surface area contributed by atoms with Crippen molar-refractivity contribution < 1.29 is 24.2 Å². The van der Waals surface area contributed by atoms with Gasteiger partial charge in [0.15, 0.2) is 0 Å². The molecule has 0 radical (unpaired) electrons. The van der Waals surface area contributed by atoms with E-state index in [1.54, 1.807) is 31.2 Å². The summed E-state index contributed by atoms with van der Waals surface area (Å²) in [5.41, 5.74) is 2.39. The summed E-state index contributed by atoms with van der Waals surface area (Å²) in [4.78, 5) is 38.5. The lowest BCUT2D eigenvalue weighted by atomic mass is 9.96. The van der Waals surface area contributed by atoms with Gasteiger partial charge in [0.25, 0.3) is 5.91 Å². The Morgan fingerprint density at radius 2 is 1.93 bits per heavy atom. The smallest absolute Gasteiger partial charge is 0.337 e. The van der Waals surface area contributed by atoms with E-state index >= 15 is 0 Å². The second-order valence-electron chi connectivity index (χ2n) is 7.34. The third-order valence-electron chi connectivity index (χ3n) is 5.26. The van der Waals surface area contributed by atoms with Crippen molar-refractivity contribution in [2.45, 2.75) is 26.7 Å². The first kappa shape index (κ1) is 21.4. The first-order valence-electron chi connectivity index (χ1n) is 10.1. The van der Waals surface area contributed by atoms with E-state index < -0.39 is 5.97 Å². The van der Waals surface area contributed by atoms with E-state index in [2.05, 4.69) is 5.32 Å². The average molecular weight is 410 g/mol. The lowest BCUT2D eigenvalue weighted by Gasteiger charge is -2.34. The van der Waals surface area contributed by atoms with Crippen LogP contribution >= 0.6 is 0 Å². The van der Waals surface area contributed by atoms with Crippen molar-refractivity contribution in [2.75, 3.05) is 29.9 Å². The predicted octanol–water partition coefficient (Wildman–Crippen LogP) is 3.73. The van der Waals surface area contributed by atoms with Gasteiger partial charge in [0, 0.05) is 24.3 Å². The molecule has 1 unspecified atom stereocenters. The number of hydrogen-bond donors (Lipinski definition) is 2. The summed E-state index contributed by atoms with van der Waals surface area (Å²) in [6.07, 6.45) is 1.50. The summed E-state index contributed by atoms with van der Waals surface area (Å²) >= 11 is 0. The largest absolute Gasteiger partial charge is 0.478 e. The maximum absolute atomic E-state index is 12.6. The molecule has 1 saturated heterocycles. The van der Waals surface area contributed by atoms with Crippen molar-refractivity contribution in [3.63, 3.8) is 0 Å². The molecule has 1 aliphatic heterocycles. The number of aryl methyl sites for hydroxylation is 1. The summed E-state index contributed by atoms with van der Waals surface area (Å²) in [7, 11) is 0. The number of carboxylic acid groups (broad SMARTS) is 1. The molecular formula is C23H26N2O5. The van der Waals surface area contributed by atoms with E-state index in [1.165, 1.54) is 6.07 Å².